The molecule has 0 aromatic heterocycles. The zero-order chi connectivity index (χ0) is 12.8. The summed E-state index contributed by atoms with van der Waals surface area (Å²) in [6.45, 7) is 6.08. The molecule has 0 aromatic rings. The molecule has 0 aliphatic heterocycles. The summed E-state index contributed by atoms with van der Waals surface area (Å²) in [5.74, 6) is 2.93. The van der Waals surface area contributed by atoms with Gasteiger partial charge in [-0.15, -0.1) is 0 Å². The molecule has 1 nitrogen and oxygen atoms in total. The van der Waals surface area contributed by atoms with Crippen molar-refractivity contribution in [3.05, 3.63) is 0 Å². The van der Waals surface area contributed by atoms with E-state index in [1.54, 1.807) is 0 Å². The minimum Gasteiger partial charge on any atom is -0.314 e. The van der Waals surface area contributed by atoms with Gasteiger partial charge in [0, 0.05) is 6.04 Å². The Morgan fingerprint density at radius 1 is 0.889 bits per heavy atom. The fourth-order valence-corrected chi connectivity index (χ4v) is 3.99. The first-order valence-corrected chi connectivity index (χ1v) is 8.49. The molecule has 0 amide bonds. The van der Waals surface area contributed by atoms with Crippen LogP contribution in [-0.4, -0.2) is 12.6 Å². The third kappa shape index (κ3) is 4.57. The lowest BCUT2D eigenvalue weighted by atomic mass is 9.89. The first kappa shape index (κ1) is 14.4. The third-order valence-corrected chi connectivity index (χ3v) is 5.42. The summed E-state index contributed by atoms with van der Waals surface area (Å²) in [6, 6.07) is 0.829. The molecular formula is C17H33N. The van der Waals surface area contributed by atoms with Crippen molar-refractivity contribution in [3.8, 4) is 0 Å². The highest BCUT2D eigenvalue weighted by Gasteiger charge is 2.21. The second-order valence-electron chi connectivity index (χ2n) is 7.10. The van der Waals surface area contributed by atoms with Gasteiger partial charge in [-0.05, 0) is 50.0 Å². The van der Waals surface area contributed by atoms with Crippen LogP contribution in [0.25, 0.3) is 0 Å². The van der Waals surface area contributed by atoms with Crippen LogP contribution >= 0.6 is 0 Å². The van der Waals surface area contributed by atoms with Crippen LogP contribution in [0, 0.1) is 17.8 Å². The zero-order valence-corrected chi connectivity index (χ0v) is 12.6. The molecule has 0 spiro atoms. The molecule has 0 bridgehead atoms. The average Bonchev–Trinajstić information content (AvgIpc) is 2.73. The maximum absolute atomic E-state index is 3.85. The SMILES string of the molecule is CC(C)C1CCCC(NCCC2CCCC2)CC1. The molecule has 2 saturated carbocycles. The molecule has 2 aliphatic carbocycles. The van der Waals surface area contributed by atoms with Gasteiger partial charge in [0.05, 0.1) is 0 Å². The lowest BCUT2D eigenvalue weighted by Crippen LogP contribution is -2.30. The molecule has 106 valence electrons. The van der Waals surface area contributed by atoms with Crippen LogP contribution in [0.1, 0.15) is 78.1 Å². The molecule has 2 aliphatic rings. The van der Waals surface area contributed by atoms with Crippen LogP contribution in [-0.2, 0) is 0 Å². The lowest BCUT2D eigenvalue weighted by Gasteiger charge is -2.19. The van der Waals surface area contributed by atoms with Gasteiger partial charge in [0.15, 0.2) is 0 Å². The van der Waals surface area contributed by atoms with Crippen molar-refractivity contribution in [1.82, 2.24) is 5.32 Å². The van der Waals surface area contributed by atoms with E-state index in [1.165, 1.54) is 70.8 Å². The Balaban J connectivity index is 1.61. The topological polar surface area (TPSA) is 12.0 Å². The highest BCUT2D eigenvalue weighted by Crippen LogP contribution is 2.29. The van der Waals surface area contributed by atoms with E-state index in [0.717, 1.165) is 23.8 Å². The summed E-state index contributed by atoms with van der Waals surface area (Å²) in [7, 11) is 0. The van der Waals surface area contributed by atoms with E-state index in [0.29, 0.717) is 0 Å². The monoisotopic (exact) mass is 251 g/mol. The summed E-state index contributed by atoms with van der Waals surface area (Å²) < 4.78 is 0. The smallest absolute Gasteiger partial charge is 0.00671 e. The van der Waals surface area contributed by atoms with Gasteiger partial charge in [0.25, 0.3) is 0 Å². The maximum Gasteiger partial charge on any atom is 0.00671 e. The number of rotatable bonds is 5. The minimum absolute atomic E-state index is 0.829. The summed E-state index contributed by atoms with van der Waals surface area (Å²) in [6.07, 6.45) is 14.6. The largest absolute Gasteiger partial charge is 0.314 e. The van der Waals surface area contributed by atoms with E-state index in [4.69, 9.17) is 0 Å². The first-order chi connectivity index (χ1) is 8.75. The molecule has 0 heterocycles. The van der Waals surface area contributed by atoms with Crippen molar-refractivity contribution in [3.63, 3.8) is 0 Å². The van der Waals surface area contributed by atoms with Gasteiger partial charge < -0.3 is 5.32 Å². The quantitative estimate of drug-likeness (QED) is 0.695. The molecular weight excluding hydrogens is 218 g/mol. The number of nitrogens with one attached hydrogen (secondary N) is 1. The molecule has 1 heteroatoms. The Labute approximate surface area is 114 Å². The van der Waals surface area contributed by atoms with Crippen molar-refractivity contribution >= 4 is 0 Å². The highest BCUT2D eigenvalue weighted by molar-refractivity contribution is 4.77. The van der Waals surface area contributed by atoms with Crippen LogP contribution in [0.5, 0.6) is 0 Å². The van der Waals surface area contributed by atoms with E-state index in [2.05, 4.69) is 19.2 Å². The van der Waals surface area contributed by atoms with Crippen molar-refractivity contribution in [2.75, 3.05) is 6.54 Å². The maximum atomic E-state index is 3.85. The summed E-state index contributed by atoms with van der Waals surface area (Å²) in [5.41, 5.74) is 0. The number of hydrogen-bond acceptors (Lipinski definition) is 1. The van der Waals surface area contributed by atoms with Crippen LogP contribution in [0.4, 0.5) is 0 Å². The summed E-state index contributed by atoms with van der Waals surface area (Å²) in [4.78, 5) is 0. The summed E-state index contributed by atoms with van der Waals surface area (Å²) >= 11 is 0. The molecule has 2 rings (SSSR count). The van der Waals surface area contributed by atoms with E-state index in [1.807, 2.05) is 0 Å². The van der Waals surface area contributed by atoms with Crippen LogP contribution < -0.4 is 5.32 Å². The van der Waals surface area contributed by atoms with Gasteiger partial charge in [0.1, 0.15) is 0 Å². The molecule has 1 N–H and O–H groups in total. The predicted molar refractivity (Wildman–Crippen MR) is 79.8 cm³/mol. The van der Waals surface area contributed by atoms with Gasteiger partial charge in [-0.25, -0.2) is 0 Å². The van der Waals surface area contributed by atoms with Crippen LogP contribution in [0.15, 0.2) is 0 Å². The van der Waals surface area contributed by atoms with Gasteiger partial charge in [-0.1, -0.05) is 52.4 Å². The van der Waals surface area contributed by atoms with Gasteiger partial charge >= 0.3 is 0 Å². The lowest BCUT2D eigenvalue weighted by molar-refractivity contribution is 0.336. The molecule has 2 fully saturated rings. The van der Waals surface area contributed by atoms with Crippen molar-refractivity contribution < 1.29 is 0 Å². The second kappa shape index (κ2) is 7.53. The molecule has 0 aromatic carbocycles. The second-order valence-corrected chi connectivity index (χ2v) is 7.10. The van der Waals surface area contributed by atoms with Gasteiger partial charge in [-0.3, -0.25) is 0 Å². The summed E-state index contributed by atoms with van der Waals surface area (Å²) in [5, 5.41) is 3.85. The Kier molecular flexibility index (Phi) is 6.01. The first-order valence-electron chi connectivity index (χ1n) is 8.49. The molecule has 0 radical (unpaired) electrons. The standard InChI is InChI=1S/C17H33N/c1-14(2)16-8-5-9-17(11-10-16)18-13-12-15-6-3-4-7-15/h14-18H,3-13H2,1-2H3. The van der Waals surface area contributed by atoms with E-state index < -0.39 is 0 Å². The van der Waals surface area contributed by atoms with Crippen molar-refractivity contribution in [1.29, 1.82) is 0 Å². The Hall–Kier alpha value is -0.0400. The van der Waals surface area contributed by atoms with Crippen LogP contribution in [0.3, 0.4) is 0 Å². The highest BCUT2D eigenvalue weighted by atomic mass is 14.9. The van der Waals surface area contributed by atoms with Crippen molar-refractivity contribution in [2.45, 2.75) is 84.1 Å². The Bertz CT molecular complexity index is 218. The molecule has 0 saturated heterocycles. The Morgan fingerprint density at radius 3 is 2.39 bits per heavy atom. The van der Waals surface area contributed by atoms with E-state index in [9.17, 15) is 0 Å². The van der Waals surface area contributed by atoms with Gasteiger partial charge in [-0.2, -0.15) is 0 Å². The Morgan fingerprint density at radius 2 is 1.67 bits per heavy atom. The molecule has 2 unspecified atom stereocenters. The fraction of sp³-hybridized carbons (Fsp3) is 1.00. The van der Waals surface area contributed by atoms with Crippen molar-refractivity contribution in [2.24, 2.45) is 17.8 Å². The normalized spacial score (nSPS) is 30.8. The predicted octanol–water partition coefficient (Wildman–Crippen LogP) is 4.76. The molecule has 2 atom stereocenters. The van der Waals surface area contributed by atoms with Gasteiger partial charge in [0.2, 0.25) is 0 Å². The van der Waals surface area contributed by atoms with E-state index >= 15 is 0 Å². The van der Waals surface area contributed by atoms with Crippen LogP contribution in [0.2, 0.25) is 0 Å². The zero-order valence-electron chi connectivity index (χ0n) is 12.6. The number of hydrogen-bond donors (Lipinski definition) is 1. The average molecular weight is 251 g/mol. The van der Waals surface area contributed by atoms with E-state index in [-0.39, 0.29) is 0 Å². The minimum atomic E-state index is 0.829. The third-order valence-electron chi connectivity index (χ3n) is 5.42. The fourth-order valence-electron chi connectivity index (χ4n) is 3.99. The molecule has 18 heavy (non-hydrogen) atoms.